The second-order valence-electron chi connectivity index (χ2n) is 1.83. The summed E-state index contributed by atoms with van der Waals surface area (Å²) in [6.45, 7) is 1.43. The summed E-state index contributed by atoms with van der Waals surface area (Å²) in [5.41, 5.74) is 0. The molecule has 0 aliphatic rings. The summed E-state index contributed by atoms with van der Waals surface area (Å²) in [5.74, 6) is -5.51. The first kappa shape index (κ1) is 25.0. The number of carboxylic acids is 2. The predicted molar refractivity (Wildman–Crippen MR) is 42.3 cm³/mol. The Bertz CT molecular complexity index is 266. The van der Waals surface area contributed by atoms with Crippen molar-refractivity contribution >= 4 is 11.9 Å². The zero-order chi connectivity index (χ0) is 14.9. The first-order valence-electron chi connectivity index (χ1n) is 3.21. The Labute approximate surface area is 95.4 Å². The maximum Gasteiger partial charge on any atom is 0.490 e. The molecular weight excluding hydrogens is 280 g/mol. The monoisotopic (exact) mass is 287 g/mol. The average Bonchev–Trinajstić information content (AvgIpc) is 2.02. The number of hydrogen-bond acceptors (Lipinski definition) is 3. The van der Waals surface area contributed by atoms with Crippen LogP contribution in [0.4, 0.5) is 26.3 Å². The van der Waals surface area contributed by atoms with Gasteiger partial charge in [-0.1, -0.05) is 0 Å². The number of aliphatic carboxylic acids is 2. The maximum atomic E-state index is 10.6. The third-order valence-corrected chi connectivity index (χ3v) is 0.485. The molecule has 0 aliphatic heterocycles. The van der Waals surface area contributed by atoms with Crippen molar-refractivity contribution < 1.29 is 51.6 Å². The first-order chi connectivity index (χ1) is 7.30. The molecule has 6 nitrogen and oxygen atoms in total. The van der Waals surface area contributed by atoms with E-state index in [0.717, 1.165) is 0 Å². The van der Waals surface area contributed by atoms with E-state index in [9.17, 15) is 26.3 Å². The molecule has 0 spiro atoms. The van der Waals surface area contributed by atoms with Gasteiger partial charge in [-0.3, -0.25) is 0 Å². The minimum Gasteiger partial charge on any atom is -0.475 e. The standard InChI is InChI=1S/2C2HF3O2.C2H3N.H2O/c2*3-2(4,5)1(6)7;1-2-3;/h2*(H,6,7);1H3;1H2. The van der Waals surface area contributed by atoms with Gasteiger partial charge in [-0.05, 0) is 0 Å². The zero-order valence-corrected chi connectivity index (χ0v) is 8.43. The molecule has 0 saturated carbocycles. The van der Waals surface area contributed by atoms with E-state index in [-0.39, 0.29) is 5.48 Å². The van der Waals surface area contributed by atoms with Crippen LogP contribution in [0.15, 0.2) is 0 Å². The van der Waals surface area contributed by atoms with Crippen LogP contribution >= 0.6 is 0 Å². The highest BCUT2D eigenvalue weighted by Crippen LogP contribution is 2.13. The topological polar surface area (TPSA) is 130 Å². The average molecular weight is 287 g/mol. The normalized spacial score (nSPS) is 9.22. The molecule has 0 radical (unpaired) electrons. The second-order valence-corrected chi connectivity index (χ2v) is 1.83. The number of hydrogen-bond donors (Lipinski definition) is 2. The van der Waals surface area contributed by atoms with Crippen LogP contribution in [0.3, 0.4) is 0 Å². The number of carbonyl (C=O) groups is 2. The highest BCUT2D eigenvalue weighted by atomic mass is 19.4. The van der Waals surface area contributed by atoms with Crippen LogP contribution in [-0.4, -0.2) is 40.0 Å². The molecule has 0 aromatic heterocycles. The van der Waals surface area contributed by atoms with Crippen molar-refractivity contribution in [2.45, 2.75) is 19.3 Å². The Morgan fingerprint density at radius 1 is 0.944 bits per heavy atom. The lowest BCUT2D eigenvalue weighted by Gasteiger charge is -1.93. The molecule has 0 aromatic carbocycles. The lowest BCUT2D eigenvalue weighted by molar-refractivity contribution is -0.193. The fourth-order valence-electron chi connectivity index (χ4n) is 0. The summed E-state index contributed by atoms with van der Waals surface area (Å²) in [6, 6.07) is 1.75. The van der Waals surface area contributed by atoms with Crippen LogP contribution in [0.25, 0.3) is 0 Å². The molecule has 0 saturated heterocycles. The van der Waals surface area contributed by atoms with Crippen LogP contribution in [0.5, 0.6) is 0 Å². The van der Waals surface area contributed by atoms with E-state index in [1.165, 1.54) is 6.92 Å². The molecule has 4 N–H and O–H groups in total. The Balaban J connectivity index is -0.0000000857. The largest absolute Gasteiger partial charge is 0.490 e. The van der Waals surface area contributed by atoms with Gasteiger partial charge in [0.15, 0.2) is 0 Å². The quantitative estimate of drug-likeness (QED) is 0.641. The number of nitriles is 1. The Hall–Kier alpha value is -2.03. The smallest absolute Gasteiger partial charge is 0.475 e. The maximum absolute atomic E-state index is 10.6. The number of nitrogens with zero attached hydrogens (tertiary/aromatic N) is 1. The van der Waals surface area contributed by atoms with E-state index in [0.29, 0.717) is 0 Å². The molecular formula is C6H7F6NO5. The van der Waals surface area contributed by atoms with Gasteiger partial charge in [0, 0.05) is 6.92 Å². The van der Waals surface area contributed by atoms with Crippen LogP contribution in [0.2, 0.25) is 0 Å². The van der Waals surface area contributed by atoms with E-state index in [1.54, 1.807) is 6.07 Å². The van der Waals surface area contributed by atoms with Crippen molar-refractivity contribution in [1.29, 1.82) is 5.26 Å². The summed E-state index contributed by atoms with van der Waals surface area (Å²) in [4.78, 5) is 17.8. The molecule has 0 aliphatic carbocycles. The van der Waals surface area contributed by atoms with Gasteiger partial charge in [-0.25, -0.2) is 9.59 Å². The molecule has 0 amide bonds. The number of rotatable bonds is 0. The third kappa shape index (κ3) is 23.6. The number of carboxylic acid groups (broad SMARTS) is 2. The van der Waals surface area contributed by atoms with Gasteiger partial charge < -0.3 is 15.7 Å². The van der Waals surface area contributed by atoms with Crippen molar-refractivity contribution in [2.75, 3.05) is 0 Å². The number of halogens is 6. The van der Waals surface area contributed by atoms with Gasteiger partial charge >= 0.3 is 24.3 Å². The van der Waals surface area contributed by atoms with Crippen LogP contribution in [-0.2, 0) is 9.59 Å². The van der Waals surface area contributed by atoms with Crippen molar-refractivity contribution in [1.82, 2.24) is 0 Å². The van der Waals surface area contributed by atoms with E-state index in [1.807, 2.05) is 0 Å². The van der Waals surface area contributed by atoms with Crippen LogP contribution in [0, 0.1) is 11.3 Å². The van der Waals surface area contributed by atoms with Crippen molar-refractivity contribution in [3.05, 3.63) is 0 Å². The summed E-state index contributed by atoms with van der Waals surface area (Å²) in [7, 11) is 0. The van der Waals surface area contributed by atoms with Crippen molar-refractivity contribution in [2.24, 2.45) is 0 Å². The third-order valence-electron chi connectivity index (χ3n) is 0.485. The van der Waals surface area contributed by atoms with Crippen LogP contribution in [0.1, 0.15) is 6.92 Å². The fraction of sp³-hybridized carbons (Fsp3) is 0.500. The van der Waals surface area contributed by atoms with Gasteiger partial charge in [0.05, 0.1) is 6.07 Å². The Kier molecular flexibility index (Phi) is 14.1. The lowest BCUT2D eigenvalue weighted by atomic mass is 10.7. The molecule has 0 aromatic rings. The molecule has 0 rings (SSSR count). The minimum absolute atomic E-state index is 0. The molecule has 0 heterocycles. The fourth-order valence-corrected chi connectivity index (χ4v) is 0. The van der Waals surface area contributed by atoms with E-state index >= 15 is 0 Å². The molecule has 0 fully saturated rings. The Morgan fingerprint density at radius 2 is 1.00 bits per heavy atom. The predicted octanol–water partition coefficient (Wildman–Crippen LogP) is 0.972. The summed E-state index contributed by atoms with van der Waals surface area (Å²) in [6.07, 6.45) is -10.2. The van der Waals surface area contributed by atoms with Gasteiger partial charge in [0.25, 0.3) is 0 Å². The lowest BCUT2D eigenvalue weighted by Crippen LogP contribution is -2.21. The van der Waals surface area contributed by atoms with Gasteiger partial charge in [0.1, 0.15) is 0 Å². The zero-order valence-electron chi connectivity index (χ0n) is 8.43. The van der Waals surface area contributed by atoms with Crippen LogP contribution < -0.4 is 0 Å². The van der Waals surface area contributed by atoms with Gasteiger partial charge in [-0.2, -0.15) is 31.6 Å². The molecule has 0 unspecified atom stereocenters. The van der Waals surface area contributed by atoms with E-state index in [4.69, 9.17) is 25.1 Å². The van der Waals surface area contributed by atoms with Gasteiger partial charge in [0.2, 0.25) is 0 Å². The van der Waals surface area contributed by atoms with Crippen molar-refractivity contribution in [3.63, 3.8) is 0 Å². The van der Waals surface area contributed by atoms with Gasteiger partial charge in [-0.15, -0.1) is 0 Å². The molecule has 18 heavy (non-hydrogen) atoms. The summed E-state index contributed by atoms with van der Waals surface area (Å²) in [5, 5.41) is 21.6. The first-order valence-corrected chi connectivity index (χ1v) is 3.21. The summed E-state index contributed by atoms with van der Waals surface area (Å²) >= 11 is 0. The highest BCUT2D eigenvalue weighted by molar-refractivity contribution is 5.73. The van der Waals surface area contributed by atoms with E-state index < -0.39 is 24.3 Å². The summed E-state index contributed by atoms with van der Waals surface area (Å²) < 4.78 is 63.5. The second kappa shape index (κ2) is 10.1. The highest BCUT2D eigenvalue weighted by Gasteiger charge is 2.38. The van der Waals surface area contributed by atoms with Crippen molar-refractivity contribution in [3.8, 4) is 6.07 Å². The minimum atomic E-state index is -5.08. The number of alkyl halides is 6. The molecule has 0 atom stereocenters. The SMILES string of the molecule is CC#N.O.O=C(O)C(F)(F)F.O=C(O)C(F)(F)F. The van der Waals surface area contributed by atoms with E-state index in [2.05, 4.69) is 0 Å². The molecule has 0 bridgehead atoms. The Morgan fingerprint density at radius 3 is 1.00 bits per heavy atom. The molecule has 12 heteroatoms. The molecule has 108 valence electrons.